The summed E-state index contributed by atoms with van der Waals surface area (Å²) in [6.07, 6.45) is 3.18. The van der Waals surface area contributed by atoms with Crippen molar-refractivity contribution in [1.29, 1.82) is 0 Å². The van der Waals surface area contributed by atoms with Crippen molar-refractivity contribution < 1.29 is 9.50 Å². The maximum atomic E-state index is 14.1. The van der Waals surface area contributed by atoms with Crippen LogP contribution in [0.4, 0.5) is 4.39 Å². The number of phenolic OH excluding ortho intramolecular Hbond substituents is 1. The minimum absolute atomic E-state index is 0.00389. The minimum atomic E-state index is -0.292. The fourth-order valence-electron chi connectivity index (χ4n) is 2.71. The molecule has 2 N–H and O–H groups in total. The molecule has 0 radical (unpaired) electrons. The van der Waals surface area contributed by atoms with Gasteiger partial charge in [-0.3, -0.25) is 4.90 Å². The van der Waals surface area contributed by atoms with E-state index >= 15 is 0 Å². The van der Waals surface area contributed by atoms with Crippen molar-refractivity contribution in [1.82, 2.24) is 10.2 Å². The molecule has 0 amide bonds. The highest BCUT2D eigenvalue weighted by Gasteiger charge is 2.24. The lowest BCUT2D eigenvalue weighted by Crippen LogP contribution is -2.45. The van der Waals surface area contributed by atoms with Crippen LogP contribution in [-0.2, 0) is 0 Å². The van der Waals surface area contributed by atoms with Crippen molar-refractivity contribution in [2.24, 2.45) is 0 Å². The molecule has 1 saturated heterocycles. The highest BCUT2D eigenvalue weighted by Crippen LogP contribution is 2.30. The predicted molar refractivity (Wildman–Crippen MR) is 74.8 cm³/mol. The Morgan fingerprint density at radius 3 is 2.74 bits per heavy atom. The van der Waals surface area contributed by atoms with Crippen LogP contribution in [0.5, 0.6) is 5.75 Å². The quantitative estimate of drug-likeness (QED) is 0.860. The summed E-state index contributed by atoms with van der Waals surface area (Å²) < 4.78 is 14.1. The first-order chi connectivity index (χ1) is 9.22. The van der Waals surface area contributed by atoms with E-state index in [1.807, 2.05) is 0 Å². The molecular weight excluding hydrogens is 243 g/mol. The average molecular weight is 266 g/mol. The summed E-state index contributed by atoms with van der Waals surface area (Å²) in [5.74, 6) is -0.296. The van der Waals surface area contributed by atoms with Crippen molar-refractivity contribution in [3.05, 3.63) is 29.6 Å². The highest BCUT2D eigenvalue weighted by molar-refractivity contribution is 5.30. The Morgan fingerprint density at radius 2 is 2.11 bits per heavy atom. The van der Waals surface area contributed by atoms with Crippen molar-refractivity contribution in [2.75, 3.05) is 26.2 Å². The molecule has 1 aromatic rings. The largest absolute Gasteiger partial charge is 0.508 e. The van der Waals surface area contributed by atoms with Crippen molar-refractivity contribution in [2.45, 2.75) is 32.2 Å². The third-order valence-electron chi connectivity index (χ3n) is 3.77. The average Bonchev–Trinajstić information content (AvgIpc) is 2.42. The number of benzene rings is 1. The summed E-state index contributed by atoms with van der Waals surface area (Å²) in [6.45, 7) is 5.98. The molecule has 0 aliphatic carbocycles. The van der Waals surface area contributed by atoms with E-state index in [1.165, 1.54) is 6.07 Å². The first-order valence-electron chi connectivity index (χ1n) is 7.15. The van der Waals surface area contributed by atoms with Crippen LogP contribution in [-0.4, -0.2) is 36.2 Å². The first kappa shape index (κ1) is 14.3. The molecule has 19 heavy (non-hydrogen) atoms. The Labute approximate surface area is 114 Å². The van der Waals surface area contributed by atoms with Crippen molar-refractivity contribution in [3.8, 4) is 5.75 Å². The van der Waals surface area contributed by atoms with Gasteiger partial charge in [0.15, 0.2) is 0 Å². The summed E-state index contributed by atoms with van der Waals surface area (Å²) in [5.41, 5.74) is 0.716. The van der Waals surface area contributed by atoms with Gasteiger partial charge in [0.25, 0.3) is 0 Å². The summed E-state index contributed by atoms with van der Waals surface area (Å²) in [7, 11) is 0. The second-order valence-electron chi connectivity index (χ2n) is 5.15. The number of nitrogens with one attached hydrogen (secondary N) is 1. The molecule has 1 fully saturated rings. The molecule has 2 rings (SSSR count). The number of unbranched alkanes of at least 4 members (excludes halogenated alkanes) is 1. The van der Waals surface area contributed by atoms with Crippen molar-refractivity contribution >= 4 is 0 Å². The standard InChI is InChI=1S/C15H23FN2O/c1-2-3-4-15(18-9-7-17-8-10-18)13-6-5-12(19)11-14(13)16/h5-6,11,15,17,19H,2-4,7-10H2,1H3/t15-/m1/s1. The topological polar surface area (TPSA) is 35.5 Å². The Balaban J connectivity index is 2.19. The minimum Gasteiger partial charge on any atom is -0.508 e. The number of hydrogen-bond acceptors (Lipinski definition) is 3. The monoisotopic (exact) mass is 266 g/mol. The number of aromatic hydroxyl groups is 1. The van der Waals surface area contributed by atoms with Gasteiger partial charge in [0.05, 0.1) is 0 Å². The second-order valence-corrected chi connectivity index (χ2v) is 5.15. The Bertz CT molecular complexity index is 405. The number of piperazine rings is 1. The van der Waals surface area contributed by atoms with Gasteiger partial charge >= 0.3 is 0 Å². The van der Waals surface area contributed by atoms with Gasteiger partial charge in [-0.1, -0.05) is 25.8 Å². The van der Waals surface area contributed by atoms with E-state index in [2.05, 4.69) is 17.1 Å². The van der Waals surface area contributed by atoms with E-state index in [4.69, 9.17) is 0 Å². The summed E-state index contributed by atoms with van der Waals surface area (Å²) in [5, 5.41) is 12.7. The Morgan fingerprint density at radius 1 is 1.37 bits per heavy atom. The molecule has 0 aromatic heterocycles. The molecule has 1 aliphatic heterocycles. The van der Waals surface area contributed by atoms with E-state index in [0.29, 0.717) is 5.56 Å². The van der Waals surface area contributed by atoms with Gasteiger partial charge in [0.1, 0.15) is 11.6 Å². The summed E-state index contributed by atoms with van der Waals surface area (Å²) >= 11 is 0. The van der Waals surface area contributed by atoms with Gasteiger partial charge in [-0.05, 0) is 12.5 Å². The zero-order valence-corrected chi connectivity index (χ0v) is 11.5. The molecule has 1 aromatic carbocycles. The van der Waals surface area contributed by atoms with Crippen molar-refractivity contribution in [3.63, 3.8) is 0 Å². The molecule has 0 bridgehead atoms. The molecule has 1 aliphatic rings. The third kappa shape index (κ3) is 3.67. The molecule has 106 valence electrons. The molecule has 0 saturated carbocycles. The molecule has 0 unspecified atom stereocenters. The molecule has 1 atom stereocenters. The number of rotatable bonds is 5. The van der Waals surface area contributed by atoms with Gasteiger partial charge < -0.3 is 10.4 Å². The lowest BCUT2D eigenvalue weighted by atomic mass is 9.98. The lowest BCUT2D eigenvalue weighted by Gasteiger charge is -2.35. The SMILES string of the molecule is CCCC[C@H](c1ccc(O)cc1F)N1CCNCC1. The second kappa shape index (κ2) is 6.87. The maximum absolute atomic E-state index is 14.1. The maximum Gasteiger partial charge on any atom is 0.131 e. The third-order valence-corrected chi connectivity index (χ3v) is 3.77. The zero-order chi connectivity index (χ0) is 13.7. The van der Waals surface area contributed by atoms with Crippen LogP contribution >= 0.6 is 0 Å². The van der Waals surface area contributed by atoms with Gasteiger partial charge in [0, 0.05) is 43.9 Å². The van der Waals surface area contributed by atoms with Crippen LogP contribution in [0.3, 0.4) is 0 Å². The summed E-state index contributed by atoms with van der Waals surface area (Å²) in [4.78, 5) is 2.35. The fourth-order valence-corrected chi connectivity index (χ4v) is 2.71. The van der Waals surface area contributed by atoms with Crippen LogP contribution in [0.25, 0.3) is 0 Å². The number of phenols is 1. The molecule has 1 heterocycles. The molecule has 4 heteroatoms. The van der Waals surface area contributed by atoms with E-state index in [1.54, 1.807) is 12.1 Å². The van der Waals surface area contributed by atoms with Gasteiger partial charge in [-0.25, -0.2) is 4.39 Å². The fraction of sp³-hybridized carbons (Fsp3) is 0.600. The molecule has 3 nitrogen and oxygen atoms in total. The van der Waals surface area contributed by atoms with E-state index in [-0.39, 0.29) is 17.6 Å². The molecule has 0 spiro atoms. The number of halogens is 1. The van der Waals surface area contributed by atoms with Crippen LogP contribution in [0.2, 0.25) is 0 Å². The van der Waals surface area contributed by atoms with Crippen LogP contribution < -0.4 is 5.32 Å². The predicted octanol–water partition coefficient (Wildman–Crippen LogP) is 2.67. The highest BCUT2D eigenvalue weighted by atomic mass is 19.1. The summed E-state index contributed by atoms with van der Waals surface area (Å²) in [6, 6.07) is 4.66. The Kier molecular flexibility index (Phi) is 5.16. The Hall–Kier alpha value is -1.13. The lowest BCUT2D eigenvalue weighted by molar-refractivity contribution is 0.160. The van der Waals surface area contributed by atoms with Gasteiger partial charge in [0.2, 0.25) is 0 Å². The van der Waals surface area contributed by atoms with Crippen LogP contribution in [0, 0.1) is 5.82 Å². The first-order valence-corrected chi connectivity index (χ1v) is 7.15. The number of nitrogens with zero attached hydrogens (tertiary/aromatic N) is 1. The van der Waals surface area contributed by atoms with E-state index in [0.717, 1.165) is 45.4 Å². The normalized spacial score (nSPS) is 18.4. The smallest absolute Gasteiger partial charge is 0.131 e. The van der Waals surface area contributed by atoms with E-state index in [9.17, 15) is 9.50 Å². The number of hydrogen-bond donors (Lipinski definition) is 2. The zero-order valence-electron chi connectivity index (χ0n) is 11.5. The van der Waals surface area contributed by atoms with E-state index < -0.39 is 0 Å². The van der Waals surface area contributed by atoms with Crippen LogP contribution in [0.1, 0.15) is 37.8 Å². The van der Waals surface area contributed by atoms with Gasteiger partial charge in [-0.15, -0.1) is 0 Å². The molecular formula is C15H23FN2O. The van der Waals surface area contributed by atoms with Crippen LogP contribution in [0.15, 0.2) is 18.2 Å². The van der Waals surface area contributed by atoms with Gasteiger partial charge in [-0.2, -0.15) is 0 Å².